The lowest BCUT2D eigenvalue weighted by molar-refractivity contribution is -0.168. The first kappa shape index (κ1) is 16.3. The third-order valence-electron chi connectivity index (χ3n) is 2.31. The molecule has 0 saturated heterocycles. The van der Waals surface area contributed by atoms with Crippen molar-refractivity contribution in [2.75, 3.05) is 13.2 Å². The van der Waals surface area contributed by atoms with Gasteiger partial charge < -0.3 is 10.1 Å². The van der Waals surface area contributed by atoms with E-state index in [1.807, 2.05) is 6.92 Å². The zero-order chi connectivity index (χ0) is 14.5. The smallest absolute Gasteiger partial charge is 0.330 e. The number of thiazole rings is 1. The molecule has 1 N–H and O–H groups in total. The second kappa shape index (κ2) is 7.16. The standard InChI is InChI=1S/C11H16F4N2OS/c1-3-16-4-8-7(2)17-9(19-8)5-18-6-11(14,15)10(12)13/h10,16H,3-6H2,1-2H3. The van der Waals surface area contributed by atoms with Gasteiger partial charge in [-0.15, -0.1) is 11.3 Å². The second-order valence-electron chi connectivity index (χ2n) is 3.95. The van der Waals surface area contributed by atoms with Gasteiger partial charge in [-0.25, -0.2) is 13.8 Å². The highest BCUT2D eigenvalue weighted by molar-refractivity contribution is 7.11. The molecule has 1 aromatic rings. The highest BCUT2D eigenvalue weighted by Gasteiger charge is 2.40. The van der Waals surface area contributed by atoms with Crippen LogP contribution >= 0.6 is 11.3 Å². The molecule has 19 heavy (non-hydrogen) atoms. The summed E-state index contributed by atoms with van der Waals surface area (Å²) in [6, 6.07) is 0. The topological polar surface area (TPSA) is 34.1 Å². The Morgan fingerprint density at radius 1 is 1.42 bits per heavy atom. The Hall–Kier alpha value is -0.730. The molecular weight excluding hydrogens is 284 g/mol. The van der Waals surface area contributed by atoms with Gasteiger partial charge in [-0.1, -0.05) is 6.92 Å². The summed E-state index contributed by atoms with van der Waals surface area (Å²) in [7, 11) is 0. The Bertz CT molecular complexity index is 398. The van der Waals surface area contributed by atoms with Crippen LogP contribution in [0.1, 0.15) is 22.5 Å². The average Bonchev–Trinajstić information content (AvgIpc) is 2.67. The quantitative estimate of drug-likeness (QED) is 0.750. The first-order valence-corrected chi connectivity index (χ1v) is 6.58. The van der Waals surface area contributed by atoms with Gasteiger partial charge in [0.05, 0.1) is 12.3 Å². The fourth-order valence-electron chi connectivity index (χ4n) is 1.29. The Labute approximate surface area is 113 Å². The monoisotopic (exact) mass is 300 g/mol. The van der Waals surface area contributed by atoms with Gasteiger partial charge in [-0.3, -0.25) is 0 Å². The van der Waals surface area contributed by atoms with E-state index >= 15 is 0 Å². The second-order valence-corrected chi connectivity index (χ2v) is 5.12. The molecule has 0 amide bonds. The lowest BCUT2D eigenvalue weighted by atomic mass is 10.4. The first-order chi connectivity index (χ1) is 8.86. The molecule has 0 aliphatic heterocycles. The summed E-state index contributed by atoms with van der Waals surface area (Å²) in [6.45, 7) is 3.75. The number of ether oxygens (including phenoxy) is 1. The molecule has 1 heterocycles. The van der Waals surface area contributed by atoms with Gasteiger partial charge >= 0.3 is 12.3 Å². The van der Waals surface area contributed by atoms with Crippen LogP contribution in [0.15, 0.2) is 0 Å². The molecule has 0 fully saturated rings. The van der Waals surface area contributed by atoms with E-state index in [-0.39, 0.29) is 6.61 Å². The summed E-state index contributed by atoms with van der Waals surface area (Å²) in [4.78, 5) is 5.14. The maximum Gasteiger partial charge on any atom is 0.330 e. The number of alkyl halides is 4. The minimum absolute atomic E-state index is 0.181. The first-order valence-electron chi connectivity index (χ1n) is 5.76. The van der Waals surface area contributed by atoms with E-state index in [1.54, 1.807) is 6.92 Å². The van der Waals surface area contributed by atoms with Gasteiger partial charge in [0, 0.05) is 11.4 Å². The van der Waals surface area contributed by atoms with E-state index in [9.17, 15) is 17.6 Å². The fourth-order valence-corrected chi connectivity index (χ4v) is 2.27. The third kappa shape index (κ3) is 5.04. The Kier molecular flexibility index (Phi) is 6.15. The van der Waals surface area contributed by atoms with Crippen LogP contribution in [0.2, 0.25) is 0 Å². The van der Waals surface area contributed by atoms with Crippen LogP contribution in [0.3, 0.4) is 0 Å². The van der Waals surface area contributed by atoms with Crippen molar-refractivity contribution in [3.05, 3.63) is 15.6 Å². The molecule has 0 aliphatic carbocycles. The maximum atomic E-state index is 12.6. The van der Waals surface area contributed by atoms with Crippen molar-refractivity contribution >= 4 is 11.3 Å². The molecule has 110 valence electrons. The minimum atomic E-state index is -4.11. The molecule has 1 aromatic heterocycles. The van der Waals surface area contributed by atoms with E-state index in [0.29, 0.717) is 11.6 Å². The van der Waals surface area contributed by atoms with Gasteiger partial charge in [0.2, 0.25) is 0 Å². The summed E-state index contributed by atoms with van der Waals surface area (Å²) in [5.41, 5.74) is 0.796. The number of hydrogen-bond acceptors (Lipinski definition) is 4. The van der Waals surface area contributed by atoms with E-state index in [0.717, 1.165) is 17.1 Å². The number of aryl methyl sites for hydroxylation is 1. The molecule has 0 radical (unpaired) electrons. The molecule has 0 aromatic carbocycles. The Morgan fingerprint density at radius 2 is 2.11 bits per heavy atom. The molecule has 0 saturated carbocycles. The number of rotatable bonds is 8. The lowest BCUT2D eigenvalue weighted by Crippen LogP contribution is -2.32. The summed E-state index contributed by atoms with van der Waals surface area (Å²) in [5.74, 6) is -4.11. The van der Waals surface area contributed by atoms with Crippen molar-refractivity contribution in [1.29, 1.82) is 0 Å². The molecule has 1 rings (SSSR count). The average molecular weight is 300 g/mol. The van der Waals surface area contributed by atoms with Gasteiger partial charge in [0.1, 0.15) is 11.6 Å². The number of hydrogen-bond donors (Lipinski definition) is 1. The van der Waals surface area contributed by atoms with Crippen LogP contribution in [0.25, 0.3) is 0 Å². The van der Waals surface area contributed by atoms with E-state index in [4.69, 9.17) is 0 Å². The molecule has 8 heteroatoms. The molecule has 0 spiro atoms. The molecule has 0 atom stereocenters. The van der Waals surface area contributed by atoms with Crippen molar-refractivity contribution in [2.45, 2.75) is 39.3 Å². The van der Waals surface area contributed by atoms with Crippen molar-refractivity contribution in [3.8, 4) is 0 Å². The number of halogens is 4. The van der Waals surface area contributed by atoms with Crippen LogP contribution in [-0.2, 0) is 17.9 Å². The summed E-state index contributed by atoms with van der Waals surface area (Å²) in [5, 5.41) is 3.63. The number of nitrogens with zero attached hydrogens (tertiary/aromatic N) is 1. The predicted molar refractivity (Wildman–Crippen MR) is 64.8 cm³/mol. The number of nitrogens with one attached hydrogen (secondary N) is 1. The van der Waals surface area contributed by atoms with Gasteiger partial charge in [-0.2, -0.15) is 8.78 Å². The van der Waals surface area contributed by atoms with Gasteiger partial charge in [0.15, 0.2) is 0 Å². The normalized spacial score (nSPS) is 12.4. The Balaban J connectivity index is 2.46. The summed E-state index contributed by atoms with van der Waals surface area (Å²) in [6.07, 6.45) is -3.71. The largest absolute Gasteiger partial charge is 0.368 e. The van der Waals surface area contributed by atoms with E-state index in [1.165, 1.54) is 11.3 Å². The molecule has 3 nitrogen and oxygen atoms in total. The minimum Gasteiger partial charge on any atom is -0.368 e. The highest BCUT2D eigenvalue weighted by Crippen LogP contribution is 2.24. The Morgan fingerprint density at radius 3 is 2.68 bits per heavy atom. The lowest BCUT2D eigenvalue weighted by Gasteiger charge is -2.14. The van der Waals surface area contributed by atoms with Crippen molar-refractivity contribution in [2.24, 2.45) is 0 Å². The van der Waals surface area contributed by atoms with Crippen molar-refractivity contribution < 1.29 is 22.3 Å². The molecule has 0 unspecified atom stereocenters. The van der Waals surface area contributed by atoms with Crippen LogP contribution in [0.5, 0.6) is 0 Å². The SMILES string of the molecule is CCNCc1sc(COCC(F)(F)C(F)F)nc1C. The molecule has 0 bridgehead atoms. The van der Waals surface area contributed by atoms with Crippen molar-refractivity contribution in [1.82, 2.24) is 10.3 Å². The van der Waals surface area contributed by atoms with Gasteiger partial charge in [0.25, 0.3) is 0 Å². The fraction of sp³-hybridized carbons (Fsp3) is 0.727. The van der Waals surface area contributed by atoms with Crippen LogP contribution in [0.4, 0.5) is 17.6 Å². The van der Waals surface area contributed by atoms with E-state index < -0.39 is 19.0 Å². The predicted octanol–water partition coefficient (Wildman–Crippen LogP) is 2.98. The summed E-state index contributed by atoms with van der Waals surface area (Å²) >= 11 is 1.33. The van der Waals surface area contributed by atoms with Gasteiger partial charge in [-0.05, 0) is 13.5 Å². The number of aromatic nitrogens is 1. The summed E-state index contributed by atoms with van der Waals surface area (Å²) < 4.78 is 53.6. The molecule has 0 aliphatic rings. The van der Waals surface area contributed by atoms with E-state index in [2.05, 4.69) is 15.0 Å². The zero-order valence-electron chi connectivity index (χ0n) is 10.7. The highest BCUT2D eigenvalue weighted by atomic mass is 32.1. The van der Waals surface area contributed by atoms with Crippen LogP contribution < -0.4 is 5.32 Å². The van der Waals surface area contributed by atoms with Crippen molar-refractivity contribution in [3.63, 3.8) is 0 Å². The van der Waals surface area contributed by atoms with Crippen LogP contribution in [-0.4, -0.2) is 30.5 Å². The zero-order valence-corrected chi connectivity index (χ0v) is 11.5. The maximum absolute atomic E-state index is 12.6. The third-order valence-corrected chi connectivity index (χ3v) is 3.44. The molecular formula is C11H16F4N2OS. The van der Waals surface area contributed by atoms with Crippen LogP contribution in [0, 0.1) is 6.92 Å².